The van der Waals surface area contributed by atoms with Crippen LogP contribution in [0.2, 0.25) is 0 Å². The van der Waals surface area contributed by atoms with Crippen molar-refractivity contribution in [3.8, 4) is 5.75 Å². The largest absolute Gasteiger partial charge is 0.497 e. The number of nitrogens with one attached hydrogen (secondary N) is 3. The summed E-state index contributed by atoms with van der Waals surface area (Å²) in [5.74, 6) is 0.193. The van der Waals surface area contributed by atoms with Crippen LogP contribution in [0.5, 0.6) is 5.75 Å². The van der Waals surface area contributed by atoms with Crippen molar-refractivity contribution in [2.24, 2.45) is 0 Å². The summed E-state index contributed by atoms with van der Waals surface area (Å²) in [6, 6.07) is 15.1. The van der Waals surface area contributed by atoms with E-state index in [1.54, 1.807) is 12.0 Å². The number of hydrazine groups is 1. The maximum absolute atomic E-state index is 12.8. The zero-order valence-electron chi connectivity index (χ0n) is 20.7. The van der Waals surface area contributed by atoms with E-state index in [9.17, 15) is 14.4 Å². The molecule has 38 heavy (non-hydrogen) atoms. The van der Waals surface area contributed by atoms with E-state index in [4.69, 9.17) is 17.0 Å². The standard InChI is InChI=1S/C26H27N5O4S3/c1-35-18-12-10-17(11-13-18)15-21-24(34)31(26(36)38-21)14-6-2-3-9-22(32)29-30-23(33)16-37-25-27-19-7-4-5-8-20(19)28-25/h4-5,7-8,10-13,15H,2-3,6,9,14,16H2,1H3,(H,27,28)(H,29,32)(H,30,33). The summed E-state index contributed by atoms with van der Waals surface area (Å²) in [6.07, 6.45) is 4.19. The number of nitrogens with zero attached hydrogens (tertiary/aromatic N) is 2. The van der Waals surface area contributed by atoms with Crippen molar-refractivity contribution >= 4 is 74.9 Å². The van der Waals surface area contributed by atoms with Crippen LogP contribution < -0.4 is 15.6 Å². The summed E-state index contributed by atoms with van der Waals surface area (Å²) in [5.41, 5.74) is 7.51. The Morgan fingerprint density at radius 2 is 1.87 bits per heavy atom. The first kappa shape index (κ1) is 27.7. The average Bonchev–Trinajstić information content (AvgIpc) is 3.46. The molecular weight excluding hydrogens is 543 g/mol. The van der Waals surface area contributed by atoms with Crippen molar-refractivity contribution in [3.05, 3.63) is 59.0 Å². The molecule has 1 aromatic heterocycles. The number of thiocarbonyl (C=S) groups is 1. The minimum atomic E-state index is -0.319. The number of para-hydroxylation sites is 2. The van der Waals surface area contributed by atoms with Crippen LogP contribution in [0.4, 0.5) is 0 Å². The highest BCUT2D eigenvalue weighted by molar-refractivity contribution is 8.26. The Labute approximate surface area is 234 Å². The Hall–Kier alpha value is -3.35. The first-order chi connectivity index (χ1) is 18.4. The third kappa shape index (κ3) is 7.59. The first-order valence-electron chi connectivity index (χ1n) is 12.0. The van der Waals surface area contributed by atoms with Gasteiger partial charge in [0.15, 0.2) is 5.16 Å². The van der Waals surface area contributed by atoms with E-state index < -0.39 is 0 Å². The highest BCUT2D eigenvalue weighted by Gasteiger charge is 2.31. The van der Waals surface area contributed by atoms with Gasteiger partial charge in [-0.2, -0.15) is 0 Å². The van der Waals surface area contributed by atoms with Crippen molar-refractivity contribution in [2.45, 2.75) is 30.8 Å². The molecule has 4 rings (SSSR count). The van der Waals surface area contributed by atoms with Gasteiger partial charge >= 0.3 is 0 Å². The molecule has 12 heteroatoms. The van der Waals surface area contributed by atoms with Gasteiger partial charge in [0.05, 0.1) is 28.8 Å². The molecule has 3 N–H and O–H groups in total. The fourth-order valence-electron chi connectivity index (χ4n) is 3.65. The highest BCUT2D eigenvalue weighted by atomic mass is 32.2. The lowest BCUT2D eigenvalue weighted by molar-refractivity contribution is -0.127. The van der Waals surface area contributed by atoms with Crippen molar-refractivity contribution in [1.82, 2.24) is 25.7 Å². The summed E-state index contributed by atoms with van der Waals surface area (Å²) >= 11 is 7.95. The normalized spacial score (nSPS) is 14.3. The number of methoxy groups -OCH3 is 1. The van der Waals surface area contributed by atoms with Crippen LogP contribution in [-0.2, 0) is 14.4 Å². The maximum atomic E-state index is 12.8. The summed E-state index contributed by atoms with van der Waals surface area (Å²) in [5, 5.41) is 0.644. The Morgan fingerprint density at radius 3 is 2.63 bits per heavy atom. The fourth-order valence-corrected chi connectivity index (χ4v) is 5.64. The topological polar surface area (TPSA) is 116 Å². The maximum Gasteiger partial charge on any atom is 0.266 e. The molecule has 0 spiro atoms. The number of amides is 3. The predicted octanol–water partition coefficient (Wildman–Crippen LogP) is 4.27. The Kier molecular flexibility index (Phi) is 9.79. The number of rotatable bonds is 11. The smallest absolute Gasteiger partial charge is 0.266 e. The lowest BCUT2D eigenvalue weighted by Gasteiger charge is -2.14. The number of ether oxygens (including phenoxy) is 1. The Morgan fingerprint density at radius 1 is 1.11 bits per heavy atom. The minimum absolute atomic E-state index is 0.100. The van der Waals surface area contributed by atoms with Crippen LogP contribution >= 0.6 is 35.7 Å². The molecule has 0 unspecified atom stereocenters. The van der Waals surface area contributed by atoms with Crippen LogP contribution in [0, 0.1) is 0 Å². The van der Waals surface area contributed by atoms with Gasteiger partial charge in [-0.25, -0.2) is 4.98 Å². The van der Waals surface area contributed by atoms with E-state index >= 15 is 0 Å². The molecule has 9 nitrogen and oxygen atoms in total. The summed E-state index contributed by atoms with van der Waals surface area (Å²) in [7, 11) is 1.61. The Bertz CT molecular complexity index is 1320. The molecule has 0 bridgehead atoms. The van der Waals surface area contributed by atoms with E-state index in [2.05, 4.69) is 20.8 Å². The summed E-state index contributed by atoms with van der Waals surface area (Å²) < 4.78 is 5.70. The van der Waals surface area contributed by atoms with Gasteiger partial charge in [0.1, 0.15) is 10.1 Å². The SMILES string of the molecule is COc1ccc(C=C2SC(=S)N(CCCCCC(=O)NNC(=O)CSc3nc4ccccc4[nH]3)C2=O)cc1. The van der Waals surface area contributed by atoms with Crippen LogP contribution in [-0.4, -0.2) is 56.3 Å². The van der Waals surface area contributed by atoms with E-state index in [-0.39, 0.29) is 29.9 Å². The van der Waals surface area contributed by atoms with Crippen LogP contribution in [0.1, 0.15) is 31.2 Å². The first-order valence-corrected chi connectivity index (χ1v) is 14.2. The van der Waals surface area contributed by atoms with Crippen molar-refractivity contribution in [1.29, 1.82) is 0 Å². The molecule has 3 aromatic rings. The van der Waals surface area contributed by atoms with Gasteiger partial charge in [-0.05, 0) is 48.7 Å². The number of imidazole rings is 1. The second-order valence-corrected chi connectivity index (χ2v) is 11.0. The molecular formula is C26H27N5O4S3. The number of thioether (sulfide) groups is 2. The van der Waals surface area contributed by atoms with E-state index in [1.807, 2.05) is 54.6 Å². The van der Waals surface area contributed by atoms with Gasteiger partial charge in [0, 0.05) is 13.0 Å². The number of hydrogen-bond donors (Lipinski definition) is 3. The number of fused-ring (bicyclic) bond motifs is 1. The molecule has 1 aliphatic heterocycles. The van der Waals surface area contributed by atoms with E-state index in [0.29, 0.717) is 27.3 Å². The van der Waals surface area contributed by atoms with Gasteiger partial charge < -0.3 is 9.72 Å². The number of carbonyl (C=O) groups is 3. The second kappa shape index (κ2) is 13.4. The average molecular weight is 570 g/mol. The lowest BCUT2D eigenvalue weighted by Crippen LogP contribution is -2.42. The van der Waals surface area contributed by atoms with E-state index in [1.165, 1.54) is 23.5 Å². The molecule has 1 aliphatic rings. The third-order valence-electron chi connectivity index (χ3n) is 5.62. The highest BCUT2D eigenvalue weighted by Crippen LogP contribution is 2.33. The second-order valence-electron chi connectivity index (χ2n) is 8.36. The molecule has 0 aliphatic carbocycles. The molecule has 1 fully saturated rings. The molecule has 0 radical (unpaired) electrons. The number of H-pyrrole nitrogens is 1. The van der Waals surface area contributed by atoms with Crippen molar-refractivity contribution in [2.75, 3.05) is 19.4 Å². The zero-order chi connectivity index (χ0) is 26.9. The minimum Gasteiger partial charge on any atom is -0.497 e. The van der Waals surface area contributed by atoms with Crippen molar-refractivity contribution in [3.63, 3.8) is 0 Å². The number of hydrogen-bond acceptors (Lipinski definition) is 8. The zero-order valence-corrected chi connectivity index (χ0v) is 23.1. The predicted molar refractivity (Wildman–Crippen MR) is 154 cm³/mol. The van der Waals surface area contributed by atoms with Gasteiger partial charge in [-0.15, -0.1) is 0 Å². The number of benzene rings is 2. The molecule has 198 valence electrons. The molecule has 1 saturated heterocycles. The van der Waals surface area contributed by atoms with Crippen LogP contribution in [0.15, 0.2) is 58.6 Å². The Balaban J connectivity index is 1.10. The van der Waals surface area contributed by atoms with Crippen LogP contribution in [0.3, 0.4) is 0 Å². The quantitative estimate of drug-likeness (QED) is 0.103. The van der Waals surface area contributed by atoms with Crippen molar-refractivity contribution < 1.29 is 19.1 Å². The van der Waals surface area contributed by atoms with Gasteiger partial charge in [-0.3, -0.25) is 30.1 Å². The number of aromatic nitrogens is 2. The monoisotopic (exact) mass is 569 g/mol. The summed E-state index contributed by atoms with van der Waals surface area (Å²) in [6.45, 7) is 0.502. The fraction of sp³-hybridized carbons (Fsp3) is 0.269. The number of carbonyl (C=O) groups excluding carboxylic acids is 3. The summed E-state index contributed by atoms with van der Waals surface area (Å²) in [4.78, 5) is 46.6. The molecule has 0 atom stereocenters. The lowest BCUT2D eigenvalue weighted by atomic mass is 10.1. The molecule has 2 aromatic carbocycles. The number of aromatic amines is 1. The van der Waals surface area contributed by atoms with Gasteiger partial charge in [0.25, 0.3) is 5.91 Å². The van der Waals surface area contributed by atoms with E-state index in [0.717, 1.165) is 35.2 Å². The van der Waals surface area contributed by atoms with Gasteiger partial charge in [0.2, 0.25) is 11.8 Å². The molecule has 3 amide bonds. The molecule has 2 heterocycles. The van der Waals surface area contributed by atoms with Crippen LogP contribution in [0.25, 0.3) is 17.1 Å². The third-order valence-corrected chi connectivity index (χ3v) is 7.87. The van der Waals surface area contributed by atoms with Gasteiger partial charge in [-0.1, -0.05) is 66.4 Å². The molecule has 0 saturated carbocycles. The number of unbranched alkanes of at least 4 members (excludes halogenated alkanes) is 2.